The molecule has 1 aromatic carbocycles. The Morgan fingerprint density at radius 1 is 1.50 bits per heavy atom. The summed E-state index contributed by atoms with van der Waals surface area (Å²) < 4.78 is 30.7. The molecule has 5 heteroatoms. The zero-order valence-corrected chi connectivity index (χ0v) is 9.95. The number of carbonyl (C=O) groups is 1. The Kier molecular flexibility index (Phi) is 4.97. The maximum atomic E-state index is 13.5. The fourth-order valence-corrected chi connectivity index (χ4v) is 1.57. The van der Waals surface area contributed by atoms with Crippen molar-refractivity contribution in [2.75, 3.05) is 13.7 Å². The first-order valence-corrected chi connectivity index (χ1v) is 5.31. The molecule has 0 aliphatic heterocycles. The van der Waals surface area contributed by atoms with Crippen molar-refractivity contribution in [3.63, 3.8) is 0 Å². The number of hydrogen-bond donors (Lipinski definition) is 1. The average Bonchev–Trinajstić information content (AvgIpc) is 2.34. The molecule has 0 fully saturated rings. The summed E-state index contributed by atoms with van der Waals surface area (Å²) in [5.41, 5.74) is 0.427. The third-order valence-electron chi connectivity index (χ3n) is 2.56. The van der Waals surface area contributed by atoms with Crippen LogP contribution in [-0.2, 0) is 9.53 Å². The van der Waals surface area contributed by atoms with Crippen LogP contribution in [-0.4, -0.2) is 24.8 Å². The summed E-state index contributed by atoms with van der Waals surface area (Å²) >= 11 is 0. The highest BCUT2D eigenvalue weighted by atomic mass is 19.1. The van der Waals surface area contributed by atoms with Gasteiger partial charge in [-0.2, -0.15) is 0 Å². The van der Waals surface area contributed by atoms with Gasteiger partial charge in [0, 0.05) is 11.6 Å². The predicted molar refractivity (Wildman–Crippen MR) is 62.6 cm³/mol. The topological polar surface area (TPSA) is 46.5 Å². The number of allylic oxidation sites excluding steroid dienone is 1. The van der Waals surface area contributed by atoms with E-state index in [1.165, 1.54) is 13.2 Å². The van der Waals surface area contributed by atoms with E-state index in [0.717, 1.165) is 12.1 Å². The molecule has 3 nitrogen and oxygen atoms in total. The zero-order valence-electron chi connectivity index (χ0n) is 9.95. The van der Waals surface area contributed by atoms with Gasteiger partial charge < -0.3 is 9.84 Å². The van der Waals surface area contributed by atoms with Gasteiger partial charge in [-0.1, -0.05) is 6.58 Å². The van der Waals surface area contributed by atoms with E-state index in [-0.39, 0.29) is 12.0 Å². The first-order valence-electron chi connectivity index (χ1n) is 5.31. The number of rotatable bonds is 5. The molecule has 1 aromatic rings. The van der Waals surface area contributed by atoms with Crippen molar-refractivity contribution in [1.82, 2.24) is 0 Å². The van der Waals surface area contributed by atoms with Crippen LogP contribution < -0.4 is 0 Å². The van der Waals surface area contributed by atoms with Gasteiger partial charge in [0.25, 0.3) is 0 Å². The molecule has 0 saturated carbocycles. The van der Waals surface area contributed by atoms with Crippen molar-refractivity contribution >= 4 is 11.5 Å². The number of hydrogen-bond acceptors (Lipinski definition) is 3. The molecule has 0 heterocycles. The van der Waals surface area contributed by atoms with Gasteiger partial charge in [0.05, 0.1) is 19.6 Å². The summed E-state index contributed by atoms with van der Waals surface area (Å²) in [5.74, 6) is -2.83. The summed E-state index contributed by atoms with van der Waals surface area (Å²) in [6.45, 7) is 3.22. The predicted octanol–water partition coefficient (Wildman–Crippen LogP) is 2.15. The zero-order chi connectivity index (χ0) is 13.7. The number of ether oxygens (including phenoxy) is 1. The van der Waals surface area contributed by atoms with E-state index in [1.807, 2.05) is 0 Å². The summed E-state index contributed by atoms with van der Waals surface area (Å²) in [6, 6.07) is 3.10. The van der Waals surface area contributed by atoms with Crippen LogP contribution in [0, 0.1) is 17.6 Å². The standard InChI is InChI=1S/C13H14F2O3/c1-8(5-9(7-16)13(17)18-2)11-4-3-10(14)6-12(11)15/h3-4,6,9,16H,1,5,7H2,2H3/t9-/m0/s1. The molecule has 0 spiro atoms. The highest BCUT2D eigenvalue weighted by Crippen LogP contribution is 2.24. The minimum absolute atomic E-state index is 0.0473. The molecule has 0 amide bonds. The third kappa shape index (κ3) is 3.37. The lowest BCUT2D eigenvalue weighted by atomic mass is 9.95. The maximum absolute atomic E-state index is 13.5. The largest absolute Gasteiger partial charge is 0.469 e. The minimum atomic E-state index is -0.799. The monoisotopic (exact) mass is 256 g/mol. The van der Waals surface area contributed by atoms with Crippen molar-refractivity contribution in [1.29, 1.82) is 0 Å². The highest BCUT2D eigenvalue weighted by molar-refractivity contribution is 5.76. The Bertz CT molecular complexity index is 458. The fraction of sp³-hybridized carbons (Fsp3) is 0.308. The van der Waals surface area contributed by atoms with Crippen LogP contribution in [0.2, 0.25) is 0 Å². The molecule has 1 rings (SSSR count). The van der Waals surface area contributed by atoms with Crippen molar-refractivity contribution in [3.05, 3.63) is 42.0 Å². The SMILES string of the molecule is C=C(C[C@@H](CO)C(=O)OC)c1ccc(F)cc1F. The molecular formula is C13H14F2O3. The smallest absolute Gasteiger partial charge is 0.311 e. The molecule has 0 bridgehead atoms. The minimum Gasteiger partial charge on any atom is -0.469 e. The molecule has 98 valence electrons. The number of methoxy groups -OCH3 is 1. The van der Waals surface area contributed by atoms with E-state index in [4.69, 9.17) is 5.11 Å². The Morgan fingerprint density at radius 2 is 2.17 bits per heavy atom. The van der Waals surface area contributed by atoms with Crippen LogP contribution in [0.3, 0.4) is 0 Å². The highest BCUT2D eigenvalue weighted by Gasteiger charge is 2.20. The second-order valence-corrected chi connectivity index (χ2v) is 3.83. The van der Waals surface area contributed by atoms with E-state index in [0.29, 0.717) is 5.57 Å². The average molecular weight is 256 g/mol. The van der Waals surface area contributed by atoms with Crippen LogP contribution in [0.1, 0.15) is 12.0 Å². The van der Waals surface area contributed by atoms with E-state index in [1.54, 1.807) is 0 Å². The van der Waals surface area contributed by atoms with Gasteiger partial charge >= 0.3 is 5.97 Å². The summed E-state index contributed by atoms with van der Waals surface area (Å²) in [6.07, 6.45) is 0.0473. The van der Waals surface area contributed by atoms with Crippen molar-refractivity contribution in [3.8, 4) is 0 Å². The Labute approximate surface area is 104 Å². The van der Waals surface area contributed by atoms with E-state index in [9.17, 15) is 13.6 Å². The third-order valence-corrected chi connectivity index (χ3v) is 2.56. The molecule has 0 aliphatic carbocycles. The molecule has 0 aliphatic rings. The normalized spacial score (nSPS) is 12.0. The number of benzene rings is 1. The molecule has 0 aromatic heterocycles. The van der Waals surface area contributed by atoms with Crippen LogP contribution in [0.5, 0.6) is 0 Å². The summed E-state index contributed by atoms with van der Waals surface area (Å²) in [7, 11) is 1.20. The second kappa shape index (κ2) is 6.26. The fourth-order valence-electron chi connectivity index (χ4n) is 1.57. The van der Waals surface area contributed by atoms with Crippen LogP contribution in [0.25, 0.3) is 5.57 Å². The molecule has 0 unspecified atom stereocenters. The van der Waals surface area contributed by atoms with Gasteiger partial charge in [0.2, 0.25) is 0 Å². The van der Waals surface area contributed by atoms with Gasteiger partial charge in [-0.15, -0.1) is 0 Å². The molecule has 0 saturated heterocycles. The van der Waals surface area contributed by atoms with Crippen molar-refractivity contribution < 1.29 is 23.4 Å². The first-order chi connectivity index (χ1) is 8.49. The van der Waals surface area contributed by atoms with E-state index < -0.39 is 30.1 Å². The molecular weight excluding hydrogens is 242 g/mol. The summed E-state index contributed by atoms with van der Waals surface area (Å²) in [5, 5.41) is 9.04. The number of carbonyl (C=O) groups excluding carboxylic acids is 1. The van der Waals surface area contributed by atoms with Crippen LogP contribution >= 0.6 is 0 Å². The second-order valence-electron chi connectivity index (χ2n) is 3.83. The molecule has 1 N–H and O–H groups in total. The molecule has 18 heavy (non-hydrogen) atoms. The first kappa shape index (κ1) is 14.3. The van der Waals surface area contributed by atoms with Gasteiger partial charge in [0.15, 0.2) is 0 Å². The molecule has 1 atom stereocenters. The number of aliphatic hydroxyl groups excluding tert-OH is 1. The Hall–Kier alpha value is -1.75. The lowest BCUT2D eigenvalue weighted by molar-refractivity contribution is -0.146. The van der Waals surface area contributed by atoms with Crippen LogP contribution in [0.4, 0.5) is 8.78 Å². The Balaban J connectivity index is 2.84. The van der Waals surface area contributed by atoms with Crippen molar-refractivity contribution in [2.45, 2.75) is 6.42 Å². The number of esters is 1. The van der Waals surface area contributed by atoms with Crippen LogP contribution in [0.15, 0.2) is 24.8 Å². The van der Waals surface area contributed by atoms with Gasteiger partial charge in [-0.25, -0.2) is 8.78 Å². The lowest BCUT2D eigenvalue weighted by Crippen LogP contribution is -2.20. The molecule has 0 radical (unpaired) electrons. The van der Waals surface area contributed by atoms with E-state index in [2.05, 4.69) is 11.3 Å². The quantitative estimate of drug-likeness (QED) is 0.821. The number of halogens is 2. The maximum Gasteiger partial charge on any atom is 0.311 e. The van der Waals surface area contributed by atoms with Crippen molar-refractivity contribution in [2.24, 2.45) is 5.92 Å². The van der Waals surface area contributed by atoms with Gasteiger partial charge in [-0.05, 0) is 24.1 Å². The lowest BCUT2D eigenvalue weighted by Gasteiger charge is -2.14. The van der Waals surface area contributed by atoms with E-state index >= 15 is 0 Å². The summed E-state index contributed by atoms with van der Waals surface area (Å²) in [4.78, 5) is 11.3. The Morgan fingerprint density at radius 3 is 2.67 bits per heavy atom. The van der Waals surface area contributed by atoms with Gasteiger partial charge in [0.1, 0.15) is 11.6 Å². The van der Waals surface area contributed by atoms with Gasteiger partial charge in [-0.3, -0.25) is 4.79 Å². The number of aliphatic hydroxyl groups is 1.